The minimum absolute atomic E-state index is 0.117. The summed E-state index contributed by atoms with van der Waals surface area (Å²) < 4.78 is 18.2. The summed E-state index contributed by atoms with van der Waals surface area (Å²) in [5.41, 5.74) is 3.73. The molecular weight excluding hydrogens is 459 g/mol. The summed E-state index contributed by atoms with van der Waals surface area (Å²) >= 11 is 0. The number of ether oxygens (including phenoxy) is 1. The number of benzene rings is 2. The van der Waals surface area contributed by atoms with Crippen molar-refractivity contribution in [3.8, 4) is 17.6 Å². The minimum atomic E-state index is -0.577. The van der Waals surface area contributed by atoms with Crippen LogP contribution in [-0.4, -0.2) is 53.6 Å². The van der Waals surface area contributed by atoms with Crippen LogP contribution in [0.25, 0.3) is 0 Å². The van der Waals surface area contributed by atoms with E-state index in [1.807, 2.05) is 36.4 Å². The molecule has 0 radical (unpaired) electrons. The Hall–Kier alpha value is -3.51. The highest BCUT2D eigenvalue weighted by molar-refractivity contribution is 5.44. The second-order valence-electron chi connectivity index (χ2n) is 9.08. The second-order valence-corrected chi connectivity index (χ2v) is 9.08. The molecule has 7 nitrogen and oxygen atoms in total. The van der Waals surface area contributed by atoms with E-state index >= 15 is 0 Å². The SMILES string of the molecule is C[C@@H](CF)NCC(Cc1nc[nH]c(=O)c1O)c1ccc(C#Cc2ccc(CNC3COC3)cc2)cc1. The van der Waals surface area contributed by atoms with Crippen LogP contribution in [-0.2, 0) is 17.7 Å². The largest absolute Gasteiger partial charge is 0.502 e. The summed E-state index contributed by atoms with van der Waals surface area (Å²) in [6.07, 6.45) is 1.61. The molecule has 4 rings (SSSR count). The highest BCUT2D eigenvalue weighted by Gasteiger charge is 2.18. The van der Waals surface area contributed by atoms with Crippen LogP contribution in [0.15, 0.2) is 59.7 Å². The summed E-state index contributed by atoms with van der Waals surface area (Å²) in [6, 6.07) is 16.2. The zero-order valence-corrected chi connectivity index (χ0v) is 20.3. The molecule has 0 amide bonds. The van der Waals surface area contributed by atoms with Crippen molar-refractivity contribution in [3.05, 3.63) is 93.2 Å². The lowest BCUT2D eigenvalue weighted by molar-refractivity contribution is -0.00578. The molecule has 1 aliphatic heterocycles. The number of hydrogen-bond acceptors (Lipinski definition) is 6. The number of hydrogen-bond donors (Lipinski definition) is 4. The van der Waals surface area contributed by atoms with Crippen LogP contribution < -0.4 is 16.2 Å². The predicted octanol–water partition coefficient (Wildman–Crippen LogP) is 2.64. The fourth-order valence-corrected chi connectivity index (χ4v) is 3.82. The number of aromatic nitrogens is 2. The van der Waals surface area contributed by atoms with E-state index < -0.39 is 12.2 Å². The van der Waals surface area contributed by atoms with E-state index in [0.717, 1.165) is 36.4 Å². The van der Waals surface area contributed by atoms with E-state index in [0.29, 0.717) is 24.7 Å². The van der Waals surface area contributed by atoms with E-state index in [1.165, 1.54) is 11.9 Å². The average Bonchev–Trinajstić information content (AvgIpc) is 2.87. The van der Waals surface area contributed by atoms with Gasteiger partial charge in [-0.3, -0.25) is 4.79 Å². The lowest BCUT2D eigenvalue weighted by Crippen LogP contribution is -2.45. The van der Waals surface area contributed by atoms with Crippen molar-refractivity contribution in [3.63, 3.8) is 0 Å². The van der Waals surface area contributed by atoms with Crippen molar-refractivity contribution in [2.45, 2.75) is 37.9 Å². The van der Waals surface area contributed by atoms with Gasteiger partial charge in [0.1, 0.15) is 6.67 Å². The first-order chi connectivity index (χ1) is 17.5. The third kappa shape index (κ3) is 7.01. The molecule has 8 heteroatoms. The molecule has 3 aromatic rings. The molecular formula is C28H31FN4O3. The summed E-state index contributed by atoms with van der Waals surface area (Å²) in [5, 5.41) is 16.7. The van der Waals surface area contributed by atoms with Crippen molar-refractivity contribution in [1.82, 2.24) is 20.6 Å². The van der Waals surface area contributed by atoms with Crippen LogP contribution in [0.1, 0.15) is 40.8 Å². The summed E-state index contributed by atoms with van der Waals surface area (Å²) in [6.45, 7) is 4.13. The summed E-state index contributed by atoms with van der Waals surface area (Å²) in [5.74, 6) is 5.89. The number of halogens is 1. The lowest BCUT2D eigenvalue weighted by Gasteiger charge is -2.26. The first-order valence-electron chi connectivity index (χ1n) is 12.1. The van der Waals surface area contributed by atoms with E-state index in [9.17, 15) is 14.3 Å². The molecule has 1 aromatic heterocycles. The van der Waals surface area contributed by atoms with Gasteiger partial charge in [0.15, 0.2) is 0 Å². The zero-order chi connectivity index (χ0) is 25.3. The molecule has 188 valence electrons. The number of aromatic amines is 1. The van der Waals surface area contributed by atoms with Gasteiger partial charge < -0.3 is 25.5 Å². The number of nitrogens with one attached hydrogen (secondary N) is 3. The Morgan fingerprint density at radius 3 is 2.42 bits per heavy atom. The molecule has 0 bridgehead atoms. The number of H-pyrrole nitrogens is 1. The number of alkyl halides is 1. The Morgan fingerprint density at radius 2 is 1.81 bits per heavy atom. The molecule has 1 aliphatic rings. The van der Waals surface area contributed by atoms with Crippen molar-refractivity contribution < 1.29 is 14.2 Å². The molecule has 1 fully saturated rings. The van der Waals surface area contributed by atoms with E-state index in [4.69, 9.17) is 4.74 Å². The molecule has 4 N–H and O–H groups in total. The summed E-state index contributed by atoms with van der Waals surface area (Å²) in [7, 11) is 0. The van der Waals surface area contributed by atoms with Gasteiger partial charge in [-0.25, -0.2) is 9.37 Å². The fraction of sp³-hybridized carbons (Fsp3) is 0.357. The van der Waals surface area contributed by atoms with E-state index in [2.05, 4.69) is 44.6 Å². The second kappa shape index (κ2) is 12.5. The van der Waals surface area contributed by atoms with Gasteiger partial charge in [0.25, 0.3) is 5.56 Å². The van der Waals surface area contributed by atoms with Crippen LogP contribution in [0.3, 0.4) is 0 Å². The molecule has 1 saturated heterocycles. The van der Waals surface area contributed by atoms with Crippen molar-refractivity contribution in [2.75, 3.05) is 26.4 Å². The van der Waals surface area contributed by atoms with Gasteiger partial charge in [-0.05, 0) is 42.3 Å². The highest BCUT2D eigenvalue weighted by atomic mass is 19.1. The number of nitrogens with zero attached hydrogens (tertiary/aromatic N) is 1. The Balaban J connectivity index is 1.42. The van der Waals surface area contributed by atoms with Gasteiger partial charge in [-0.15, -0.1) is 0 Å². The molecule has 0 aliphatic carbocycles. The maximum Gasteiger partial charge on any atom is 0.293 e. The first kappa shape index (κ1) is 25.6. The maximum atomic E-state index is 13.0. The normalized spacial score (nSPS) is 14.9. The predicted molar refractivity (Wildman–Crippen MR) is 137 cm³/mol. The smallest absolute Gasteiger partial charge is 0.293 e. The van der Waals surface area contributed by atoms with Crippen molar-refractivity contribution in [2.24, 2.45) is 0 Å². The number of aromatic hydroxyl groups is 1. The Bertz CT molecular complexity index is 1240. The standard InChI is InChI=1S/C28H31FN4O3/c1-19(13-29)30-15-24(12-26-27(34)28(35)33-18-32-26)23-10-8-21(9-11-23)3-2-20-4-6-22(7-5-20)14-31-25-16-36-17-25/h4-11,18-19,24-25,30-31,34H,12-17H2,1H3,(H,32,33,35)/t19-,24?/m0/s1. The Labute approximate surface area is 210 Å². The molecule has 2 heterocycles. The topological polar surface area (TPSA) is 99.3 Å². The monoisotopic (exact) mass is 490 g/mol. The highest BCUT2D eigenvalue weighted by Crippen LogP contribution is 2.23. The molecule has 0 saturated carbocycles. The van der Waals surface area contributed by atoms with Crippen molar-refractivity contribution in [1.29, 1.82) is 0 Å². The molecule has 2 atom stereocenters. The third-order valence-electron chi connectivity index (χ3n) is 6.21. The molecule has 1 unspecified atom stereocenters. The van der Waals surface area contributed by atoms with Gasteiger partial charge in [-0.1, -0.05) is 36.1 Å². The van der Waals surface area contributed by atoms with Gasteiger partial charge in [-0.2, -0.15) is 0 Å². The van der Waals surface area contributed by atoms with Crippen LogP contribution in [0.4, 0.5) is 4.39 Å². The molecule has 0 spiro atoms. The Kier molecular flexibility index (Phi) is 8.85. The van der Waals surface area contributed by atoms with Crippen LogP contribution >= 0.6 is 0 Å². The van der Waals surface area contributed by atoms with Crippen molar-refractivity contribution >= 4 is 0 Å². The van der Waals surface area contributed by atoms with Crippen LogP contribution in [0, 0.1) is 11.8 Å². The van der Waals surface area contributed by atoms with Gasteiger partial charge in [0.2, 0.25) is 5.75 Å². The minimum Gasteiger partial charge on any atom is -0.502 e. The van der Waals surface area contributed by atoms with E-state index in [1.54, 1.807) is 6.92 Å². The molecule has 36 heavy (non-hydrogen) atoms. The quantitative estimate of drug-likeness (QED) is 0.326. The van der Waals surface area contributed by atoms with Gasteiger partial charge in [0, 0.05) is 42.6 Å². The maximum absolute atomic E-state index is 13.0. The van der Waals surface area contributed by atoms with Gasteiger partial charge in [0.05, 0.1) is 31.3 Å². The third-order valence-corrected chi connectivity index (χ3v) is 6.21. The van der Waals surface area contributed by atoms with E-state index in [-0.39, 0.29) is 17.7 Å². The zero-order valence-electron chi connectivity index (χ0n) is 20.3. The van der Waals surface area contributed by atoms with Crippen LogP contribution in [0.2, 0.25) is 0 Å². The Morgan fingerprint density at radius 1 is 1.14 bits per heavy atom. The average molecular weight is 491 g/mol. The first-order valence-corrected chi connectivity index (χ1v) is 12.1. The fourth-order valence-electron chi connectivity index (χ4n) is 3.82. The summed E-state index contributed by atoms with van der Waals surface area (Å²) in [4.78, 5) is 18.3. The van der Waals surface area contributed by atoms with Gasteiger partial charge >= 0.3 is 0 Å². The molecule has 2 aromatic carbocycles. The lowest BCUT2D eigenvalue weighted by atomic mass is 9.92. The number of rotatable bonds is 10. The van der Waals surface area contributed by atoms with Crippen LogP contribution in [0.5, 0.6) is 5.75 Å².